The summed E-state index contributed by atoms with van der Waals surface area (Å²) in [6, 6.07) is 0. The van der Waals surface area contributed by atoms with E-state index in [2.05, 4.69) is 19.9 Å². The van der Waals surface area contributed by atoms with E-state index in [-0.39, 0.29) is 0 Å². The number of hydrogen-bond acceptors (Lipinski definition) is 5. The summed E-state index contributed by atoms with van der Waals surface area (Å²) in [5, 5.41) is 3.31. The average molecular weight is 252 g/mol. The van der Waals surface area contributed by atoms with Gasteiger partial charge in [-0.1, -0.05) is 0 Å². The second kappa shape index (κ2) is 6.48. The highest BCUT2D eigenvalue weighted by molar-refractivity contribution is 7.09. The number of aromatic nitrogens is 3. The summed E-state index contributed by atoms with van der Waals surface area (Å²) in [6.07, 6.45) is 5.64. The molecule has 6 heteroatoms. The number of hydrogen-bond donors (Lipinski definition) is 1. The molecule has 0 amide bonds. The highest BCUT2D eigenvalue weighted by Gasteiger charge is 2.03. The molecule has 0 bridgehead atoms. The fourth-order valence-electron chi connectivity index (χ4n) is 1.52. The van der Waals surface area contributed by atoms with Crippen LogP contribution in [0.3, 0.4) is 0 Å². The second-order valence-electron chi connectivity index (χ2n) is 3.65. The van der Waals surface area contributed by atoms with Gasteiger partial charge in [-0.05, 0) is 0 Å². The molecule has 0 radical (unpaired) electrons. The van der Waals surface area contributed by atoms with Crippen LogP contribution < -0.4 is 5.32 Å². The van der Waals surface area contributed by atoms with E-state index in [1.54, 1.807) is 18.4 Å². The Morgan fingerprint density at radius 1 is 1.41 bits per heavy atom. The monoisotopic (exact) mass is 252 g/mol. The van der Waals surface area contributed by atoms with Gasteiger partial charge in [0.1, 0.15) is 0 Å². The SMILES string of the molecule is COCCNCc1cncn1Cc1cncs1. The first-order valence-corrected chi connectivity index (χ1v) is 6.34. The van der Waals surface area contributed by atoms with E-state index in [4.69, 9.17) is 4.74 Å². The van der Waals surface area contributed by atoms with Crippen LogP contribution in [0.4, 0.5) is 0 Å². The Labute approximate surface area is 104 Å². The molecule has 0 fully saturated rings. The molecule has 0 saturated heterocycles. The maximum atomic E-state index is 4.99. The molecule has 2 rings (SSSR count). The Morgan fingerprint density at radius 3 is 3.12 bits per heavy atom. The van der Waals surface area contributed by atoms with Crippen molar-refractivity contribution in [2.24, 2.45) is 0 Å². The zero-order valence-electron chi connectivity index (χ0n) is 9.80. The minimum atomic E-state index is 0.725. The van der Waals surface area contributed by atoms with Crippen molar-refractivity contribution in [1.82, 2.24) is 19.9 Å². The minimum Gasteiger partial charge on any atom is -0.383 e. The lowest BCUT2D eigenvalue weighted by atomic mass is 10.4. The second-order valence-corrected chi connectivity index (χ2v) is 4.62. The molecular weight excluding hydrogens is 236 g/mol. The molecule has 17 heavy (non-hydrogen) atoms. The maximum absolute atomic E-state index is 4.99. The molecule has 92 valence electrons. The van der Waals surface area contributed by atoms with Crippen LogP contribution in [0.25, 0.3) is 0 Å². The van der Waals surface area contributed by atoms with Gasteiger partial charge in [-0.2, -0.15) is 0 Å². The van der Waals surface area contributed by atoms with Crippen molar-refractivity contribution in [3.05, 3.63) is 34.8 Å². The highest BCUT2D eigenvalue weighted by Crippen LogP contribution is 2.09. The first kappa shape index (κ1) is 12.2. The van der Waals surface area contributed by atoms with Crippen LogP contribution in [-0.2, 0) is 17.8 Å². The lowest BCUT2D eigenvalue weighted by Crippen LogP contribution is -2.20. The Bertz CT molecular complexity index is 426. The molecule has 0 aromatic carbocycles. The summed E-state index contributed by atoms with van der Waals surface area (Å²) in [5.74, 6) is 0. The molecule has 2 heterocycles. The molecule has 2 aromatic rings. The van der Waals surface area contributed by atoms with E-state index in [1.165, 1.54) is 10.6 Å². The molecule has 0 aliphatic carbocycles. The van der Waals surface area contributed by atoms with Gasteiger partial charge in [-0.3, -0.25) is 4.98 Å². The van der Waals surface area contributed by atoms with Crippen molar-refractivity contribution < 1.29 is 4.74 Å². The van der Waals surface area contributed by atoms with Crippen LogP contribution in [0.5, 0.6) is 0 Å². The van der Waals surface area contributed by atoms with Crippen molar-refractivity contribution >= 4 is 11.3 Å². The van der Waals surface area contributed by atoms with Crippen molar-refractivity contribution in [3.63, 3.8) is 0 Å². The lowest BCUT2D eigenvalue weighted by Gasteiger charge is -2.07. The molecule has 0 atom stereocenters. The largest absolute Gasteiger partial charge is 0.383 e. The van der Waals surface area contributed by atoms with E-state index in [9.17, 15) is 0 Å². The van der Waals surface area contributed by atoms with Gasteiger partial charge in [0.2, 0.25) is 0 Å². The number of nitrogens with zero attached hydrogens (tertiary/aromatic N) is 3. The Hall–Kier alpha value is -1.24. The van der Waals surface area contributed by atoms with Gasteiger partial charge in [-0.15, -0.1) is 11.3 Å². The number of methoxy groups -OCH3 is 1. The van der Waals surface area contributed by atoms with Crippen LogP contribution in [0.15, 0.2) is 24.2 Å². The minimum absolute atomic E-state index is 0.725. The van der Waals surface area contributed by atoms with Gasteiger partial charge in [-0.25, -0.2) is 4.98 Å². The number of rotatable bonds is 7. The normalized spacial score (nSPS) is 10.9. The average Bonchev–Trinajstić information content (AvgIpc) is 2.97. The Balaban J connectivity index is 1.88. The van der Waals surface area contributed by atoms with Crippen molar-refractivity contribution in [3.8, 4) is 0 Å². The van der Waals surface area contributed by atoms with Crippen LogP contribution >= 0.6 is 11.3 Å². The first-order valence-electron chi connectivity index (χ1n) is 5.46. The predicted molar refractivity (Wildman–Crippen MR) is 67.0 cm³/mol. The Morgan fingerprint density at radius 2 is 2.35 bits per heavy atom. The molecule has 5 nitrogen and oxygen atoms in total. The number of ether oxygens (including phenoxy) is 1. The van der Waals surface area contributed by atoms with Gasteiger partial charge in [0.25, 0.3) is 0 Å². The summed E-state index contributed by atoms with van der Waals surface area (Å²) in [7, 11) is 1.70. The van der Waals surface area contributed by atoms with Crippen molar-refractivity contribution in [2.75, 3.05) is 20.3 Å². The summed E-state index contributed by atoms with van der Waals surface area (Å²) in [6.45, 7) is 3.22. The van der Waals surface area contributed by atoms with Crippen LogP contribution in [0.2, 0.25) is 0 Å². The fraction of sp³-hybridized carbons (Fsp3) is 0.455. The van der Waals surface area contributed by atoms with E-state index in [0.29, 0.717) is 0 Å². The molecule has 0 aliphatic heterocycles. The van der Waals surface area contributed by atoms with E-state index in [1.807, 2.05) is 24.2 Å². The number of imidazole rings is 1. The zero-order valence-corrected chi connectivity index (χ0v) is 10.6. The lowest BCUT2D eigenvalue weighted by molar-refractivity contribution is 0.199. The van der Waals surface area contributed by atoms with Gasteiger partial charge < -0.3 is 14.6 Å². The van der Waals surface area contributed by atoms with E-state index >= 15 is 0 Å². The fourth-order valence-corrected chi connectivity index (χ4v) is 2.11. The van der Waals surface area contributed by atoms with Gasteiger partial charge in [0.05, 0.1) is 30.7 Å². The quantitative estimate of drug-likeness (QED) is 0.750. The first-order chi connectivity index (χ1) is 8.40. The molecule has 0 aliphatic rings. The van der Waals surface area contributed by atoms with E-state index < -0.39 is 0 Å². The molecule has 2 aromatic heterocycles. The highest BCUT2D eigenvalue weighted by atomic mass is 32.1. The molecule has 0 spiro atoms. The standard InChI is InChI=1S/C11H16N4OS/c1-16-3-2-12-4-10-5-13-8-15(10)7-11-6-14-9-17-11/h5-6,8-9,12H,2-4,7H2,1H3. The molecule has 0 saturated carbocycles. The maximum Gasteiger partial charge on any atom is 0.0952 e. The van der Waals surface area contributed by atoms with Crippen molar-refractivity contribution in [2.45, 2.75) is 13.1 Å². The third-order valence-electron chi connectivity index (χ3n) is 2.40. The summed E-state index contributed by atoms with van der Waals surface area (Å²) in [4.78, 5) is 9.49. The van der Waals surface area contributed by atoms with Crippen LogP contribution in [0, 0.1) is 0 Å². The predicted octanol–water partition coefficient (Wildman–Crippen LogP) is 1.12. The summed E-state index contributed by atoms with van der Waals surface area (Å²) >= 11 is 1.66. The van der Waals surface area contributed by atoms with Crippen LogP contribution in [-0.4, -0.2) is 34.8 Å². The third kappa shape index (κ3) is 3.62. The Kier molecular flexibility index (Phi) is 4.66. The van der Waals surface area contributed by atoms with Crippen molar-refractivity contribution in [1.29, 1.82) is 0 Å². The van der Waals surface area contributed by atoms with Gasteiger partial charge >= 0.3 is 0 Å². The summed E-state index contributed by atoms with van der Waals surface area (Å²) in [5.41, 5.74) is 3.03. The topological polar surface area (TPSA) is 52.0 Å². The zero-order chi connectivity index (χ0) is 11.9. The molecule has 0 unspecified atom stereocenters. The van der Waals surface area contributed by atoms with Crippen LogP contribution in [0.1, 0.15) is 10.6 Å². The molecule has 1 N–H and O–H groups in total. The third-order valence-corrected chi connectivity index (χ3v) is 3.16. The van der Waals surface area contributed by atoms with Gasteiger partial charge in [0.15, 0.2) is 0 Å². The summed E-state index contributed by atoms with van der Waals surface area (Å²) < 4.78 is 7.12. The van der Waals surface area contributed by atoms with Gasteiger partial charge in [0, 0.05) is 37.5 Å². The smallest absolute Gasteiger partial charge is 0.0952 e. The molecular formula is C11H16N4OS. The number of thiazole rings is 1. The number of nitrogens with one attached hydrogen (secondary N) is 1. The van der Waals surface area contributed by atoms with E-state index in [0.717, 1.165) is 26.2 Å².